The van der Waals surface area contributed by atoms with E-state index in [9.17, 15) is 9.90 Å². The summed E-state index contributed by atoms with van der Waals surface area (Å²) >= 11 is 0. The minimum Gasteiger partial charge on any atom is -0.507 e. The van der Waals surface area contributed by atoms with Crippen molar-refractivity contribution in [3.05, 3.63) is 41.7 Å². The van der Waals surface area contributed by atoms with Crippen molar-refractivity contribution in [2.24, 2.45) is 0 Å². The summed E-state index contributed by atoms with van der Waals surface area (Å²) in [5.41, 5.74) is 2.20. The normalized spacial score (nSPS) is 18.2. The number of phenolic OH excluding ortho intramolecular Hbond substituents is 1. The van der Waals surface area contributed by atoms with E-state index >= 15 is 0 Å². The molecule has 3 rings (SSSR count). The minimum absolute atomic E-state index is 0.00542. The van der Waals surface area contributed by atoms with Crippen molar-refractivity contribution >= 4 is 12.0 Å². The zero-order valence-corrected chi connectivity index (χ0v) is 14.1. The van der Waals surface area contributed by atoms with Gasteiger partial charge in [-0.2, -0.15) is 5.10 Å². The number of nitrogens with zero attached hydrogens (tertiary/aromatic N) is 3. The molecular formula is C18H24N4O2. The number of phenols is 1. The van der Waals surface area contributed by atoms with E-state index in [4.69, 9.17) is 0 Å². The Bertz CT molecular complexity index is 711. The summed E-state index contributed by atoms with van der Waals surface area (Å²) in [7, 11) is 0. The lowest BCUT2D eigenvalue weighted by Gasteiger charge is -2.27. The van der Waals surface area contributed by atoms with Crippen LogP contribution in [0, 0.1) is 0 Å². The Kier molecular flexibility index (Phi) is 4.85. The Hall–Kier alpha value is -2.34. The van der Waals surface area contributed by atoms with Gasteiger partial charge >= 0.3 is 0 Å². The first kappa shape index (κ1) is 16.5. The lowest BCUT2D eigenvalue weighted by molar-refractivity contribution is 0.112. The summed E-state index contributed by atoms with van der Waals surface area (Å²) in [6.07, 6.45) is 4.78. The SMILES string of the molecule is CC(C)n1nccc1C1CCCN1CNc1cccc(O)c1C=O. The van der Waals surface area contributed by atoms with Gasteiger partial charge in [0.1, 0.15) is 5.75 Å². The monoisotopic (exact) mass is 328 g/mol. The second-order valence-electron chi connectivity index (χ2n) is 6.46. The standard InChI is InChI=1S/C18H24N4O2/c1-13(2)22-17(8-9-20-22)16-6-4-10-21(16)12-19-15-5-3-7-18(24)14(15)11-23/h3,5,7-9,11,13,16,19,24H,4,6,10,12H2,1-2H3. The number of hydrogen-bond donors (Lipinski definition) is 2. The third-order valence-electron chi connectivity index (χ3n) is 4.57. The van der Waals surface area contributed by atoms with E-state index < -0.39 is 0 Å². The molecule has 128 valence electrons. The van der Waals surface area contributed by atoms with Gasteiger partial charge in [-0.1, -0.05) is 6.07 Å². The van der Waals surface area contributed by atoms with Gasteiger partial charge in [-0.25, -0.2) is 0 Å². The predicted molar refractivity (Wildman–Crippen MR) is 93.3 cm³/mol. The molecule has 1 fully saturated rings. The quantitative estimate of drug-likeness (QED) is 0.797. The highest BCUT2D eigenvalue weighted by molar-refractivity contribution is 5.87. The largest absolute Gasteiger partial charge is 0.507 e. The van der Waals surface area contributed by atoms with E-state index in [0.717, 1.165) is 19.4 Å². The highest BCUT2D eigenvalue weighted by atomic mass is 16.3. The van der Waals surface area contributed by atoms with Gasteiger partial charge in [0.15, 0.2) is 6.29 Å². The van der Waals surface area contributed by atoms with E-state index in [1.165, 1.54) is 11.8 Å². The van der Waals surface area contributed by atoms with Gasteiger partial charge in [-0.3, -0.25) is 14.4 Å². The van der Waals surface area contributed by atoms with E-state index in [1.54, 1.807) is 6.07 Å². The van der Waals surface area contributed by atoms with Gasteiger partial charge in [-0.15, -0.1) is 0 Å². The Morgan fingerprint density at radius 1 is 1.42 bits per heavy atom. The molecular weight excluding hydrogens is 304 g/mol. The van der Waals surface area contributed by atoms with Crippen molar-refractivity contribution < 1.29 is 9.90 Å². The van der Waals surface area contributed by atoms with E-state index in [2.05, 4.69) is 39.9 Å². The maximum Gasteiger partial charge on any atom is 0.155 e. The fourth-order valence-corrected chi connectivity index (χ4v) is 3.39. The highest BCUT2D eigenvalue weighted by Gasteiger charge is 2.28. The Morgan fingerprint density at radius 2 is 2.25 bits per heavy atom. The van der Waals surface area contributed by atoms with Crippen molar-refractivity contribution in [2.75, 3.05) is 18.5 Å². The molecule has 0 bridgehead atoms. The number of aldehydes is 1. The lowest BCUT2D eigenvalue weighted by atomic mass is 10.1. The molecule has 2 heterocycles. The maximum atomic E-state index is 11.2. The number of aromatic nitrogens is 2. The molecule has 0 aliphatic carbocycles. The van der Waals surface area contributed by atoms with Gasteiger partial charge in [0.25, 0.3) is 0 Å². The molecule has 6 nitrogen and oxygen atoms in total. The average molecular weight is 328 g/mol. The Labute approximate surface area is 142 Å². The summed E-state index contributed by atoms with van der Waals surface area (Å²) in [4.78, 5) is 13.5. The van der Waals surface area contributed by atoms with Crippen molar-refractivity contribution in [1.29, 1.82) is 0 Å². The number of hydrogen-bond acceptors (Lipinski definition) is 5. The van der Waals surface area contributed by atoms with Gasteiger partial charge in [-0.05, 0) is 44.9 Å². The predicted octanol–water partition coefficient (Wildman–Crippen LogP) is 3.19. The first-order chi connectivity index (χ1) is 11.6. The van der Waals surface area contributed by atoms with Crippen molar-refractivity contribution in [2.45, 2.75) is 38.8 Å². The number of benzene rings is 1. The molecule has 1 saturated heterocycles. The molecule has 0 spiro atoms. The van der Waals surface area contributed by atoms with Crippen molar-refractivity contribution in [3.8, 4) is 5.75 Å². The first-order valence-electron chi connectivity index (χ1n) is 8.40. The van der Waals surface area contributed by atoms with Crippen LogP contribution in [0.1, 0.15) is 54.8 Å². The van der Waals surface area contributed by atoms with Crippen molar-refractivity contribution in [1.82, 2.24) is 14.7 Å². The molecule has 1 aromatic heterocycles. The van der Waals surface area contributed by atoms with Crippen LogP contribution in [-0.4, -0.2) is 39.3 Å². The lowest BCUT2D eigenvalue weighted by Crippen LogP contribution is -2.30. The van der Waals surface area contributed by atoms with Crippen LogP contribution in [0.25, 0.3) is 0 Å². The van der Waals surface area contributed by atoms with Crippen LogP contribution in [0.5, 0.6) is 5.75 Å². The van der Waals surface area contributed by atoms with Crippen LogP contribution in [0.15, 0.2) is 30.5 Å². The van der Waals surface area contributed by atoms with E-state index in [-0.39, 0.29) is 5.75 Å². The molecule has 6 heteroatoms. The van der Waals surface area contributed by atoms with Gasteiger partial charge in [0, 0.05) is 24.5 Å². The van der Waals surface area contributed by atoms with E-state index in [0.29, 0.717) is 36.3 Å². The van der Waals surface area contributed by atoms with Crippen LogP contribution in [-0.2, 0) is 0 Å². The molecule has 1 aliphatic heterocycles. The summed E-state index contributed by atoms with van der Waals surface area (Å²) in [6.45, 7) is 5.89. The molecule has 1 unspecified atom stereocenters. The van der Waals surface area contributed by atoms with Gasteiger partial charge < -0.3 is 10.4 Å². The number of carbonyl (C=O) groups is 1. The molecule has 2 aromatic rings. The smallest absolute Gasteiger partial charge is 0.155 e. The summed E-state index contributed by atoms with van der Waals surface area (Å²) in [5.74, 6) is 0.00542. The molecule has 1 aromatic carbocycles. The number of rotatable bonds is 6. The highest BCUT2D eigenvalue weighted by Crippen LogP contribution is 2.33. The fraction of sp³-hybridized carbons (Fsp3) is 0.444. The van der Waals surface area contributed by atoms with Gasteiger partial charge in [0.2, 0.25) is 0 Å². The molecule has 0 saturated carbocycles. The third-order valence-corrected chi connectivity index (χ3v) is 4.57. The second kappa shape index (κ2) is 7.05. The van der Waals surface area contributed by atoms with Crippen LogP contribution in [0.4, 0.5) is 5.69 Å². The first-order valence-corrected chi connectivity index (χ1v) is 8.40. The summed E-state index contributed by atoms with van der Waals surface area (Å²) in [5, 5.41) is 17.5. The maximum absolute atomic E-state index is 11.2. The molecule has 0 amide bonds. The van der Waals surface area contributed by atoms with E-state index in [1.807, 2.05) is 12.3 Å². The Morgan fingerprint density at radius 3 is 3.00 bits per heavy atom. The van der Waals surface area contributed by atoms with Crippen LogP contribution in [0.2, 0.25) is 0 Å². The zero-order chi connectivity index (χ0) is 17.1. The zero-order valence-electron chi connectivity index (χ0n) is 14.1. The number of aromatic hydroxyl groups is 1. The van der Waals surface area contributed by atoms with Crippen molar-refractivity contribution in [3.63, 3.8) is 0 Å². The molecule has 1 aliphatic rings. The Balaban J connectivity index is 1.74. The summed E-state index contributed by atoms with van der Waals surface area (Å²) < 4.78 is 2.08. The number of carbonyl (C=O) groups excluding carboxylic acids is 1. The van der Waals surface area contributed by atoms with Gasteiger partial charge in [0.05, 0.1) is 24.0 Å². The summed E-state index contributed by atoms with van der Waals surface area (Å²) in [6, 6.07) is 7.81. The average Bonchev–Trinajstić information content (AvgIpc) is 3.21. The van der Waals surface area contributed by atoms with Crippen LogP contribution in [0.3, 0.4) is 0 Å². The minimum atomic E-state index is 0.00542. The van der Waals surface area contributed by atoms with Crippen LogP contribution >= 0.6 is 0 Å². The fourth-order valence-electron chi connectivity index (χ4n) is 3.39. The topological polar surface area (TPSA) is 70.4 Å². The molecule has 1 atom stereocenters. The molecule has 24 heavy (non-hydrogen) atoms. The third kappa shape index (κ3) is 3.14. The molecule has 0 radical (unpaired) electrons. The molecule has 2 N–H and O–H groups in total. The second-order valence-corrected chi connectivity index (χ2v) is 6.46. The number of nitrogens with one attached hydrogen (secondary N) is 1. The number of likely N-dealkylation sites (tertiary alicyclic amines) is 1. The van der Waals surface area contributed by atoms with Crippen LogP contribution < -0.4 is 5.32 Å². The number of anilines is 1.